The van der Waals surface area contributed by atoms with E-state index in [0.29, 0.717) is 37.7 Å². The minimum Gasteiger partial charge on any atom is -0.463 e. The summed E-state index contributed by atoms with van der Waals surface area (Å²) >= 11 is 0. The smallest absolute Gasteiger partial charge is 0.343 e. The quantitative estimate of drug-likeness (QED) is 0.0286. The fraction of sp³-hybridized carbons (Fsp3) is 0.783. The highest BCUT2D eigenvalue weighted by Gasteiger charge is 2.37. The average molecular weight is 759 g/mol. The van der Waals surface area contributed by atoms with Crippen molar-refractivity contribution in [3.05, 3.63) is 34.9 Å². The fourth-order valence-electron chi connectivity index (χ4n) is 6.59. The van der Waals surface area contributed by atoms with Gasteiger partial charge < -0.3 is 18.9 Å². The van der Waals surface area contributed by atoms with E-state index in [4.69, 9.17) is 18.9 Å². The molecule has 1 aromatic rings. The minimum absolute atomic E-state index is 0.0423. The Kier molecular flexibility index (Phi) is 30.9. The lowest BCUT2D eigenvalue weighted by Crippen LogP contribution is -2.39. The Morgan fingerprint density at radius 2 is 0.796 bits per heavy atom. The van der Waals surface area contributed by atoms with Crippen molar-refractivity contribution < 1.29 is 38.1 Å². The lowest BCUT2D eigenvalue weighted by Gasteiger charge is -2.21. The Morgan fingerprint density at radius 1 is 0.444 bits per heavy atom. The molecular weight excluding hydrogens is 680 g/mol. The predicted molar refractivity (Wildman–Crippen MR) is 219 cm³/mol. The highest BCUT2D eigenvalue weighted by atomic mass is 16.6. The SMILES string of the molecule is CCCCCCCCOC(=O)C(OCCCCCCCC)C(=O)c1cccc(CC)c1C(=O)C(OCCCCCCCC)C(=O)OCCCCCCCC. The lowest BCUT2D eigenvalue weighted by molar-refractivity contribution is -0.155. The molecule has 8 heteroatoms. The third kappa shape index (κ3) is 21.5. The molecule has 0 aliphatic heterocycles. The summed E-state index contributed by atoms with van der Waals surface area (Å²) in [7, 11) is 0. The van der Waals surface area contributed by atoms with Crippen LogP contribution < -0.4 is 0 Å². The third-order valence-electron chi connectivity index (χ3n) is 10.00. The number of carbonyl (C=O) groups excluding carboxylic acids is 4. The van der Waals surface area contributed by atoms with Crippen molar-refractivity contribution in [3.63, 3.8) is 0 Å². The van der Waals surface area contributed by atoms with Crippen molar-refractivity contribution >= 4 is 23.5 Å². The summed E-state index contributed by atoms with van der Waals surface area (Å²) < 4.78 is 23.3. The maximum absolute atomic E-state index is 14.5. The molecule has 0 saturated heterocycles. The summed E-state index contributed by atoms with van der Waals surface area (Å²) in [6, 6.07) is 5.03. The first-order valence-electron chi connectivity index (χ1n) is 22.1. The standard InChI is InChI=1S/C46H78O8/c1-6-11-15-19-23-27-34-51-43(45(49)53-36-29-25-21-17-13-8-3)41(47)39-33-31-32-38(10-5)40(39)42(48)44(52-35-28-24-20-16-12-7-2)46(50)54-37-30-26-22-18-14-9-4/h31-33,43-44H,6-30,34-37H2,1-5H3. The molecule has 2 unspecified atom stereocenters. The Morgan fingerprint density at radius 3 is 1.19 bits per heavy atom. The number of unbranched alkanes of at least 4 members (excludes halogenated alkanes) is 20. The van der Waals surface area contributed by atoms with Crippen LogP contribution in [-0.4, -0.2) is 62.1 Å². The molecule has 1 rings (SSSR count). The number of hydrogen-bond acceptors (Lipinski definition) is 8. The summed E-state index contributed by atoms with van der Waals surface area (Å²) in [5, 5.41) is 0. The van der Waals surface area contributed by atoms with Gasteiger partial charge in [-0.1, -0.05) is 181 Å². The molecule has 0 N–H and O–H groups in total. The molecule has 0 saturated carbocycles. The fourth-order valence-corrected chi connectivity index (χ4v) is 6.59. The van der Waals surface area contributed by atoms with Crippen LogP contribution in [0.1, 0.15) is 215 Å². The number of rotatable bonds is 37. The van der Waals surface area contributed by atoms with Crippen LogP contribution in [0.2, 0.25) is 0 Å². The van der Waals surface area contributed by atoms with Gasteiger partial charge in [-0.3, -0.25) is 9.59 Å². The monoisotopic (exact) mass is 759 g/mol. The highest BCUT2D eigenvalue weighted by Crippen LogP contribution is 2.24. The summed E-state index contributed by atoms with van der Waals surface area (Å²) in [6.45, 7) is 11.4. The molecule has 0 amide bonds. The summed E-state index contributed by atoms with van der Waals surface area (Å²) in [6.07, 6.45) is 22.1. The van der Waals surface area contributed by atoms with E-state index in [2.05, 4.69) is 27.7 Å². The molecule has 0 bridgehead atoms. The van der Waals surface area contributed by atoms with Crippen molar-refractivity contribution in [1.82, 2.24) is 0 Å². The number of carbonyl (C=O) groups is 4. The topological polar surface area (TPSA) is 105 Å². The number of ketones is 2. The van der Waals surface area contributed by atoms with Crippen molar-refractivity contribution in [3.8, 4) is 0 Å². The molecular formula is C46H78O8. The lowest BCUT2D eigenvalue weighted by atomic mass is 9.89. The largest absolute Gasteiger partial charge is 0.463 e. The Balaban J connectivity index is 3.28. The van der Waals surface area contributed by atoms with Crippen LogP contribution in [0.4, 0.5) is 0 Å². The number of ether oxygens (including phenoxy) is 4. The molecule has 0 heterocycles. The third-order valence-corrected chi connectivity index (χ3v) is 10.00. The molecule has 0 fully saturated rings. The molecule has 54 heavy (non-hydrogen) atoms. The molecule has 0 radical (unpaired) electrons. The van der Waals surface area contributed by atoms with Gasteiger partial charge in [0.15, 0.2) is 0 Å². The van der Waals surface area contributed by atoms with E-state index < -0.39 is 35.7 Å². The van der Waals surface area contributed by atoms with Crippen LogP contribution in [0.15, 0.2) is 18.2 Å². The maximum atomic E-state index is 14.5. The second kappa shape index (κ2) is 33.7. The number of Topliss-reactive ketones (excluding diaryl/α,β-unsaturated/α-hetero) is 2. The van der Waals surface area contributed by atoms with Gasteiger partial charge in [0, 0.05) is 24.3 Å². The van der Waals surface area contributed by atoms with Gasteiger partial charge in [-0.25, -0.2) is 9.59 Å². The summed E-state index contributed by atoms with van der Waals surface area (Å²) in [4.78, 5) is 55.9. The van der Waals surface area contributed by atoms with Gasteiger partial charge in [-0.15, -0.1) is 0 Å². The zero-order valence-electron chi connectivity index (χ0n) is 35.2. The van der Waals surface area contributed by atoms with E-state index in [9.17, 15) is 19.2 Å². The van der Waals surface area contributed by atoms with Gasteiger partial charge in [0.05, 0.1) is 13.2 Å². The maximum Gasteiger partial charge on any atom is 0.343 e. The zero-order chi connectivity index (χ0) is 39.7. The van der Waals surface area contributed by atoms with E-state index in [0.717, 1.165) is 103 Å². The highest BCUT2D eigenvalue weighted by molar-refractivity contribution is 6.20. The molecule has 8 nitrogen and oxygen atoms in total. The van der Waals surface area contributed by atoms with Gasteiger partial charge in [0.1, 0.15) is 0 Å². The van der Waals surface area contributed by atoms with Gasteiger partial charge in [-0.2, -0.15) is 0 Å². The number of hydrogen-bond donors (Lipinski definition) is 0. The van der Waals surface area contributed by atoms with Crippen LogP contribution in [0.5, 0.6) is 0 Å². The number of benzene rings is 1. The molecule has 0 aliphatic carbocycles. The Labute approximate surface area is 329 Å². The van der Waals surface area contributed by atoms with E-state index in [-0.39, 0.29) is 37.6 Å². The van der Waals surface area contributed by atoms with Crippen LogP contribution >= 0.6 is 0 Å². The molecule has 0 aliphatic rings. The van der Waals surface area contributed by atoms with E-state index >= 15 is 0 Å². The van der Waals surface area contributed by atoms with E-state index in [1.54, 1.807) is 18.2 Å². The first kappa shape index (κ1) is 49.4. The van der Waals surface area contributed by atoms with E-state index in [1.807, 2.05) is 6.92 Å². The van der Waals surface area contributed by atoms with Crippen LogP contribution in [0.25, 0.3) is 0 Å². The Bertz CT molecular complexity index is 1130. The van der Waals surface area contributed by atoms with Gasteiger partial charge >= 0.3 is 11.9 Å². The Hall–Kier alpha value is -2.58. The first-order chi connectivity index (χ1) is 26.4. The predicted octanol–water partition coefficient (Wildman–Crippen LogP) is 11.9. The van der Waals surface area contributed by atoms with Crippen molar-refractivity contribution in [2.75, 3.05) is 26.4 Å². The van der Waals surface area contributed by atoms with Crippen LogP contribution in [0.3, 0.4) is 0 Å². The van der Waals surface area contributed by atoms with Crippen molar-refractivity contribution in [1.29, 1.82) is 0 Å². The number of esters is 2. The van der Waals surface area contributed by atoms with Crippen molar-refractivity contribution in [2.24, 2.45) is 0 Å². The second-order valence-corrected chi connectivity index (χ2v) is 14.8. The van der Waals surface area contributed by atoms with Crippen LogP contribution in [-0.2, 0) is 35.0 Å². The second-order valence-electron chi connectivity index (χ2n) is 14.8. The molecule has 2 atom stereocenters. The van der Waals surface area contributed by atoms with Crippen molar-refractivity contribution in [2.45, 2.75) is 207 Å². The zero-order valence-corrected chi connectivity index (χ0v) is 35.2. The first-order valence-corrected chi connectivity index (χ1v) is 22.1. The normalized spacial score (nSPS) is 12.4. The van der Waals surface area contributed by atoms with Gasteiger partial charge in [0.2, 0.25) is 23.8 Å². The molecule has 0 spiro atoms. The molecule has 310 valence electrons. The summed E-state index contributed by atoms with van der Waals surface area (Å²) in [5.74, 6) is -2.74. The molecule has 0 aromatic heterocycles. The number of aryl methyl sites for hydroxylation is 1. The summed E-state index contributed by atoms with van der Waals surface area (Å²) in [5.41, 5.74) is 0.727. The van der Waals surface area contributed by atoms with E-state index in [1.165, 1.54) is 25.7 Å². The van der Waals surface area contributed by atoms with Crippen LogP contribution in [0, 0.1) is 0 Å². The van der Waals surface area contributed by atoms with Gasteiger partial charge in [-0.05, 0) is 37.7 Å². The average Bonchev–Trinajstić information content (AvgIpc) is 3.18. The molecule has 1 aromatic carbocycles. The minimum atomic E-state index is -1.51. The van der Waals surface area contributed by atoms with Gasteiger partial charge in [0.25, 0.3) is 0 Å².